The first-order chi connectivity index (χ1) is 10.0. The number of aliphatic hydroxyl groups is 1. The Kier molecular flexibility index (Phi) is 8.79. The predicted octanol–water partition coefficient (Wildman–Crippen LogP) is 2.12. The second-order valence-corrected chi connectivity index (χ2v) is 7.16. The third-order valence-electron chi connectivity index (χ3n) is 4.82. The molecule has 2 N–H and O–H groups in total. The fourth-order valence-electron chi connectivity index (χ4n) is 3.74. The minimum atomic E-state index is 0.251. The van der Waals surface area contributed by atoms with Crippen molar-refractivity contribution >= 4 is 0 Å². The Balaban J connectivity index is 2.65. The van der Waals surface area contributed by atoms with Gasteiger partial charge in [0.2, 0.25) is 0 Å². The molecule has 0 amide bonds. The molecule has 0 aromatic heterocycles. The fourth-order valence-corrected chi connectivity index (χ4v) is 3.74. The number of hydrogen-bond acceptors (Lipinski definition) is 4. The molecule has 126 valence electrons. The molecule has 4 heteroatoms. The first-order valence-corrected chi connectivity index (χ1v) is 8.57. The lowest BCUT2D eigenvalue weighted by molar-refractivity contribution is 0.0534. The van der Waals surface area contributed by atoms with E-state index in [1.165, 1.54) is 25.7 Å². The van der Waals surface area contributed by atoms with E-state index in [0.717, 1.165) is 38.7 Å². The number of ether oxygens (including phenoxy) is 1. The quantitative estimate of drug-likeness (QED) is 0.607. The van der Waals surface area contributed by atoms with Gasteiger partial charge in [0, 0.05) is 39.3 Å². The van der Waals surface area contributed by atoms with Crippen LogP contribution in [-0.4, -0.2) is 62.6 Å². The monoisotopic (exact) mass is 300 g/mol. The highest BCUT2D eigenvalue weighted by Crippen LogP contribution is 2.39. The van der Waals surface area contributed by atoms with E-state index in [4.69, 9.17) is 4.74 Å². The zero-order chi connectivity index (χ0) is 15.7. The predicted molar refractivity (Wildman–Crippen MR) is 88.6 cm³/mol. The average molecular weight is 300 g/mol. The van der Waals surface area contributed by atoms with E-state index in [-0.39, 0.29) is 6.61 Å². The minimum absolute atomic E-state index is 0.251. The highest BCUT2D eigenvalue weighted by Gasteiger charge is 2.36. The van der Waals surface area contributed by atoms with Gasteiger partial charge in [0.05, 0.1) is 13.2 Å². The van der Waals surface area contributed by atoms with Crippen LogP contribution in [0.15, 0.2) is 0 Å². The SMILES string of the molecule is COCCNCC1(CN(CCO)C(C)C)CCCC(C)C1. The Morgan fingerprint density at radius 2 is 2.19 bits per heavy atom. The zero-order valence-electron chi connectivity index (χ0n) is 14.5. The molecule has 1 aliphatic carbocycles. The smallest absolute Gasteiger partial charge is 0.0587 e. The van der Waals surface area contributed by atoms with Crippen LogP contribution in [0.4, 0.5) is 0 Å². The highest BCUT2D eigenvalue weighted by molar-refractivity contribution is 4.90. The number of nitrogens with zero attached hydrogens (tertiary/aromatic N) is 1. The molecule has 0 aromatic rings. The summed E-state index contributed by atoms with van der Waals surface area (Å²) >= 11 is 0. The first kappa shape index (κ1) is 18.9. The van der Waals surface area contributed by atoms with Gasteiger partial charge in [-0.2, -0.15) is 0 Å². The number of methoxy groups -OCH3 is 1. The summed E-state index contributed by atoms with van der Waals surface area (Å²) in [4.78, 5) is 2.44. The van der Waals surface area contributed by atoms with Gasteiger partial charge in [-0.1, -0.05) is 19.8 Å². The van der Waals surface area contributed by atoms with E-state index < -0.39 is 0 Å². The summed E-state index contributed by atoms with van der Waals surface area (Å²) in [6, 6.07) is 0.491. The number of hydrogen-bond donors (Lipinski definition) is 2. The summed E-state index contributed by atoms with van der Waals surface area (Å²) in [5, 5.41) is 12.9. The molecule has 1 fully saturated rings. The Morgan fingerprint density at radius 1 is 1.43 bits per heavy atom. The lowest BCUT2D eigenvalue weighted by atomic mass is 9.69. The molecule has 0 radical (unpaired) electrons. The highest BCUT2D eigenvalue weighted by atomic mass is 16.5. The molecule has 0 bridgehead atoms. The molecule has 21 heavy (non-hydrogen) atoms. The third kappa shape index (κ3) is 6.64. The fraction of sp³-hybridized carbons (Fsp3) is 1.00. The van der Waals surface area contributed by atoms with Gasteiger partial charge in [0.1, 0.15) is 0 Å². The van der Waals surface area contributed by atoms with Crippen molar-refractivity contribution in [3.8, 4) is 0 Å². The van der Waals surface area contributed by atoms with E-state index in [9.17, 15) is 5.11 Å². The van der Waals surface area contributed by atoms with Crippen LogP contribution in [0.25, 0.3) is 0 Å². The molecule has 0 aromatic carbocycles. The summed E-state index contributed by atoms with van der Waals surface area (Å²) in [6.07, 6.45) is 5.29. The maximum atomic E-state index is 9.32. The van der Waals surface area contributed by atoms with Crippen molar-refractivity contribution in [2.24, 2.45) is 11.3 Å². The van der Waals surface area contributed by atoms with Gasteiger partial charge in [0.25, 0.3) is 0 Å². The molecule has 2 atom stereocenters. The van der Waals surface area contributed by atoms with Gasteiger partial charge in [-0.3, -0.25) is 4.90 Å². The van der Waals surface area contributed by atoms with E-state index >= 15 is 0 Å². The van der Waals surface area contributed by atoms with Crippen molar-refractivity contribution < 1.29 is 9.84 Å². The van der Waals surface area contributed by atoms with Crippen LogP contribution in [0.1, 0.15) is 46.5 Å². The minimum Gasteiger partial charge on any atom is -0.395 e. The second-order valence-electron chi connectivity index (χ2n) is 7.16. The van der Waals surface area contributed by atoms with Crippen molar-refractivity contribution in [3.05, 3.63) is 0 Å². The van der Waals surface area contributed by atoms with Crippen LogP contribution in [0.3, 0.4) is 0 Å². The van der Waals surface area contributed by atoms with E-state index in [2.05, 4.69) is 31.0 Å². The van der Waals surface area contributed by atoms with Crippen LogP contribution >= 0.6 is 0 Å². The van der Waals surface area contributed by atoms with Gasteiger partial charge in [-0.25, -0.2) is 0 Å². The third-order valence-corrected chi connectivity index (χ3v) is 4.82. The summed E-state index contributed by atoms with van der Waals surface area (Å²) in [7, 11) is 1.75. The number of aliphatic hydroxyl groups excluding tert-OH is 1. The molecule has 2 unspecified atom stereocenters. The molecule has 0 spiro atoms. The Labute approximate surface area is 131 Å². The summed E-state index contributed by atoms with van der Waals surface area (Å²) in [5.41, 5.74) is 0.352. The van der Waals surface area contributed by atoms with Gasteiger partial charge >= 0.3 is 0 Å². The van der Waals surface area contributed by atoms with Gasteiger partial charge < -0.3 is 15.2 Å². The molecule has 0 heterocycles. The number of nitrogens with one attached hydrogen (secondary N) is 1. The largest absolute Gasteiger partial charge is 0.395 e. The van der Waals surface area contributed by atoms with Crippen LogP contribution in [-0.2, 0) is 4.74 Å². The van der Waals surface area contributed by atoms with Crippen molar-refractivity contribution in [2.45, 2.75) is 52.5 Å². The maximum absolute atomic E-state index is 9.32. The van der Waals surface area contributed by atoms with Crippen LogP contribution in [0.2, 0.25) is 0 Å². The van der Waals surface area contributed by atoms with Crippen LogP contribution in [0, 0.1) is 11.3 Å². The van der Waals surface area contributed by atoms with E-state index in [1.54, 1.807) is 7.11 Å². The Bertz CT molecular complexity index is 274. The molecular weight excluding hydrogens is 264 g/mol. The lowest BCUT2D eigenvalue weighted by Crippen LogP contribution is -2.49. The summed E-state index contributed by atoms with van der Waals surface area (Å²) < 4.78 is 5.14. The normalized spacial score (nSPS) is 26.7. The van der Waals surface area contributed by atoms with Crippen molar-refractivity contribution in [1.29, 1.82) is 0 Å². The molecular formula is C17H36N2O2. The second kappa shape index (κ2) is 9.78. The Hall–Kier alpha value is -0.160. The molecule has 4 nitrogen and oxygen atoms in total. The molecule has 0 aliphatic heterocycles. The molecule has 0 saturated heterocycles. The first-order valence-electron chi connectivity index (χ1n) is 8.57. The van der Waals surface area contributed by atoms with E-state index in [0.29, 0.717) is 11.5 Å². The molecule has 1 aliphatic rings. The van der Waals surface area contributed by atoms with Gasteiger partial charge in [0.15, 0.2) is 0 Å². The van der Waals surface area contributed by atoms with Crippen molar-refractivity contribution in [3.63, 3.8) is 0 Å². The van der Waals surface area contributed by atoms with Crippen molar-refractivity contribution in [1.82, 2.24) is 10.2 Å². The van der Waals surface area contributed by atoms with Gasteiger partial charge in [-0.05, 0) is 38.0 Å². The molecule has 1 rings (SSSR count). The topological polar surface area (TPSA) is 44.7 Å². The summed E-state index contributed by atoms with van der Waals surface area (Å²) in [5.74, 6) is 0.811. The van der Waals surface area contributed by atoms with Gasteiger partial charge in [-0.15, -0.1) is 0 Å². The Morgan fingerprint density at radius 3 is 2.76 bits per heavy atom. The van der Waals surface area contributed by atoms with Crippen molar-refractivity contribution in [2.75, 3.05) is 46.5 Å². The lowest BCUT2D eigenvalue weighted by Gasteiger charge is -2.44. The summed E-state index contributed by atoms with van der Waals surface area (Å²) in [6.45, 7) is 11.7. The van der Waals surface area contributed by atoms with E-state index in [1.807, 2.05) is 0 Å². The zero-order valence-corrected chi connectivity index (χ0v) is 14.5. The van der Waals surface area contributed by atoms with Crippen LogP contribution < -0.4 is 5.32 Å². The van der Waals surface area contributed by atoms with Crippen LogP contribution in [0.5, 0.6) is 0 Å². The average Bonchev–Trinajstić information content (AvgIpc) is 2.43. The standard InChI is InChI=1S/C17H36N2O2/c1-15(2)19(9-10-20)14-17(13-18-8-11-21-4)7-5-6-16(3)12-17/h15-16,18,20H,5-14H2,1-4H3. The molecule has 1 saturated carbocycles. The maximum Gasteiger partial charge on any atom is 0.0587 e. The number of rotatable bonds is 10.